The maximum atomic E-state index is 13.0. The summed E-state index contributed by atoms with van der Waals surface area (Å²) in [7, 11) is -1.56. The quantitative estimate of drug-likeness (QED) is 0.324. The molecule has 1 N–H and O–H groups in total. The summed E-state index contributed by atoms with van der Waals surface area (Å²) in [6.45, 7) is 6.40. The SMILES string of the molecule is CCn1c(SCC(=O)Nc2ccc(C(C)=O)cc2)nnc1-c1ccc(S(=O)(=O)N2CCN(C)CC2)cc1. The second-order valence-corrected chi connectivity index (χ2v) is 11.6. The Morgan fingerprint density at radius 3 is 2.22 bits per heavy atom. The van der Waals surface area contributed by atoms with Crippen molar-refractivity contribution in [3.63, 3.8) is 0 Å². The fourth-order valence-corrected chi connectivity index (χ4v) is 6.19. The van der Waals surface area contributed by atoms with E-state index in [0.717, 1.165) is 5.56 Å². The average molecular weight is 543 g/mol. The van der Waals surface area contributed by atoms with Gasteiger partial charge in [0.2, 0.25) is 15.9 Å². The van der Waals surface area contributed by atoms with Crippen LogP contribution in [0.3, 0.4) is 0 Å². The van der Waals surface area contributed by atoms with Crippen molar-refractivity contribution in [1.29, 1.82) is 0 Å². The monoisotopic (exact) mass is 542 g/mol. The van der Waals surface area contributed by atoms with Gasteiger partial charge in [0.25, 0.3) is 0 Å². The molecule has 2 aromatic carbocycles. The number of sulfonamides is 1. The standard InChI is InChI=1S/C25H30N6O4S2/c1-4-31-24(20-7-11-22(12-8-20)37(34,35)30-15-13-29(3)14-16-30)27-28-25(31)36-17-23(33)26-21-9-5-19(6-10-21)18(2)32/h5-12H,4,13-17H2,1-3H3,(H,26,33). The first-order valence-corrected chi connectivity index (χ1v) is 14.4. The number of likely N-dealkylation sites (N-methyl/N-ethyl adjacent to an activating group) is 1. The van der Waals surface area contributed by atoms with Crippen LogP contribution in [-0.4, -0.2) is 83.1 Å². The molecule has 10 nitrogen and oxygen atoms in total. The van der Waals surface area contributed by atoms with E-state index < -0.39 is 10.0 Å². The lowest BCUT2D eigenvalue weighted by Gasteiger charge is -2.31. The molecule has 1 aliphatic heterocycles. The van der Waals surface area contributed by atoms with E-state index in [1.165, 1.54) is 23.0 Å². The van der Waals surface area contributed by atoms with Crippen molar-refractivity contribution in [2.75, 3.05) is 44.3 Å². The number of hydrogen-bond acceptors (Lipinski definition) is 8. The van der Waals surface area contributed by atoms with E-state index in [1.807, 2.05) is 18.5 Å². The number of ketones is 1. The normalized spacial score (nSPS) is 15.0. The highest BCUT2D eigenvalue weighted by Gasteiger charge is 2.27. The zero-order chi connectivity index (χ0) is 26.6. The Labute approximate surface area is 221 Å². The second kappa shape index (κ2) is 11.5. The molecule has 196 valence electrons. The summed E-state index contributed by atoms with van der Waals surface area (Å²) in [5.41, 5.74) is 1.94. The Balaban J connectivity index is 1.41. The molecule has 1 saturated heterocycles. The van der Waals surface area contributed by atoms with Crippen molar-refractivity contribution in [2.45, 2.75) is 30.4 Å². The molecule has 1 aromatic heterocycles. The molecule has 37 heavy (non-hydrogen) atoms. The highest BCUT2D eigenvalue weighted by atomic mass is 32.2. The van der Waals surface area contributed by atoms with Gasteiger partial charge < -0.3 is 14.8 Å². The number of hydrogen-bond donors (Lipinski definition) is 1. The zero-order valence-corrected chi connectivity index (χ0v) is 22.7. The van der Waals surface area contributed by atoms with Crippen LogP contribution in [0, 0.1) is 0 Å². The molecule has 0 spiro atoms. The molecule has 3 aromatic rings. The number of rotatable bonds is 9. The molecule has 0 radical (unpaired) electrons. The van der Waals surface area contributed by atoms with Crippen LogP contribution in [0.5, 0.6) is 0 Å². The third-order valence-corrected chi connectivity index (χ3v) is 9.03. The van der Waals surface area contributed by atoms with Gasteiger partial charge in [-0.3, -0.25) is 9.59 Å². The lowest BCUT2D eigenvalue weighted by Crippen LogP contribution is -2.46. The summed E-state index contributed by atoms with van der Waals surface area (Å²) < 4.78 is 29.4. The number of piperazine rings is 1. The van der Waals surface area contributed by atoms with Gasteiger partial charge in [-0.2, -0.15) is 4.31 Å². The number of nitrogens with zero attached hydrogens (tertiary/aromatic N) is 5. The van der Waals surface area contributed by atoms with Gasteiger partial charge in [-0.1, -0.05) is 11.8 Å². The van der Waals surface area contributed by atoms with E-state index in [4.69, 9.17) is 0 Å². The second-order valence-electron chi connectivity index (χ2n) is 8.75. The maximum Gasteiger partial charge on any atom is 0.243 e. The van der Waals surface area contributed by atoms with Crippen LogP contribution < -0.4 is 5.32 Å². The third kappa shape index (κ3) is 6.27. The zero-order valence-electron chi connectivity index (χ0n) is 21.0. The predicted octanol–water partition coefficient (Wildman–Crippen LogP) is 2.83. The Morgan fingerprint density at radius 2 is 1.62 bits per heavy atom. The molecule has 12 heteroatoms. The number of anilines is 1. The molecule has 2 heterocycles. The third-order valence-electron chi connectivity index (χ3n) is 6.15. The van der Waals surface area contributed by atoms with Crippen molar-refractivity contribution < 1.29 is 18.0 Å². The van der Waals surface area contributed by atoms with Crippen LogP contribution in [0.1, 0.15) is 24.2 Å². The fraction of sp³-hybridized carbons (Fsp3) is 0.360. The van der Waals surface area contributed by atoms with Gasteiger partial charge in [0.05, 0.1) is 10.6 Å². The Morgan fingerprint density at radius 1 is 0.973 bits per heavy atom. The van der Waals surface area contributed by atoms with E-state index in [2.05, 4.69) is 20.4 Å². The minimum absolute atomic E-state index is 0.0329. The summed E-state index contributed by atoms with van der Waals surface area (Å²) in [6, 6.07) is 13.4. The van der Waals surface area contributed by atoms with Crippen LogP contribution in [0.2, 0.25) is 0 Å². The summed E-state index contributed by atoms with van der Waals surface area (Å²) in [5, 5.41) is 12.0. The van der Waals surface area contributed by atoms with E-state index in [1.54, 1.807) is 48.5 Å². The molecule has 0 bridgehead atoms. The lowest BCUT2D eigenvalue weighted by atomic mass is 10.1. The molecule has 0 atom stereocenters. The molecule has 1 fully saturated rings. The van der Waals surface area contributed by atoms with Crippen LogP contribution in [0.15, 0.2) is 58.6 Å². The highest BCUT2D eigenvalue weighted by Crippen LogP contribution is 2.26. The number of thioether (sulfide) groups is 1. The molecule has 4 rings (SSSR count). The molecule has 0 saturated carbocycles. The number of carbonyl (C=O) groups is 2. The van der Waals surface area contributed by atoms with E-state index in [-0.39, 0.29) is 22.3 Å². The van der Waals surface area contributed by atoms with Crippen molar-refractivity contribution in [2.24, 2.45) is 0 Å². The first-order chi connectivity index (χ1) is 17.7. The molecule has 0 unspecified atom stereocenters. The smallest absolute Gasteiger partial charge is 0.243 e. The summed E-state index contributed by atoms with van der Waals surface area (Å²) in [6.07, 6.45) is 0. The Hall–Kier alpha value is -3.06. The minimum Gasteiger partial charge on any atom is -0.325 e. The summed E-state index contributed by atoms with van der Waals surface area (Å²) in [4.78, 5) is 26.2. The molecule has 0 aliphatic carbocycles. The number of carbonyl (C=O) groups excluding carboxylic acids is 2. The number of amides is 1. The molecular weight excluding hydrogens is 512 g/mol. The van der Waals surface area contributed by atoms with Crippen molar-refractivity contribution in [1.82, 2.24) is 24.0 Å². The summed E-state index contributed by atoms with van der Waals surface area (Å²) >= 11 is 1.27. The van der Waals surface area contributed by atoms with Gasteiger partial charge in [-0.25, -0.2) is 8.42 Å². The van der Waals surface area contributed by atoms with Crippen molar-refractivity contribution in [3.8, 4) is 11.4 Å². The van der Waals surface area contributed by atoms with Gasteiger partial charge >= 0.3 is 0 Å². The van der Waals surface area contributed by atoms with E-state index in [9.17, 15) is 18.0 Å². The first-order valence-electron chi connectivity index (χ1n) is 11.9. The van der Waals surface area contributed by atoms with E-state index in [0.29, 0.717) is 55.0 Å². The van der Waals surface area contributed by atoms with Gasteiger partial charge in [0.15, 0.2) is 16.8 Å². The van der Waals surface area contributed by atoms with Crippen molar-refractivity contribution in [3.05, 3.63) is 54.1 Å². The fourth-order valence-electron chi connectivity index (χ4n) is 3.96. The molecule has 1 amide bonds. The number of Topliss-reactive ketones (excluding diaryl/α,β-unsaturated/α-hetero) is 1. The predicted molar refractivity (Wildman–Crippen MR) is 143 cm³/mol. The number of benzene rings is 2. The summed E-state index contributed by atoms with van der Waals surface area (Å²) in [5.74, 6) is 0.504. The van der Waals surface area contributed by atoms with Crippen LogP contribution in [0.4, 0.5) is 5.69 Å². The van der Waals surface area contributed by atoms with E-state index >= 15 is 0 Å². The van der Waals surface area contributed by atoms with Gasteiger partial charge in [-0.15, -0.1) is 10.2 Å². The largest absolute Gasteiger partial charge is 0.325 e. The van der Waals surface area contributed by atoms with Crippen LogP contribution in [-0.2, 0) is 21.4 Å². The Bertz CT molecular complexity index is 1360. The minimum atomic E-state index is -3.55. The first kappa shape index (κ1) is 27.0. The maximum absolute atomic E-state index is 13.0. The Kier molecular flexibility index (Phi) is 8.42. The molecular formula is C25H30N6O4S2. The number of aromatic nitrogens is 3. The number of nitrogens with one attached hydrogen (secondary N) is 1. The average Bonchev–Trinajstić information content (AvgIpc) is 3.31. The van der Waals surface area contributed by atoms with Gasteiger partial charge in [0.1, 0.15) is 0 Å². The van der Waals surface area contributed by atoms with Gasteiger partial charge in [0, 0.05) is 49.5 Å². The molecule has 1 aliphatic rings. The topological polar surface area (TPSA) is 117 Å². The van der Waals surface area contributed by atoms with Crippen LogP contribution in [0.25, 0.3) is 11.4 Å². The van der Waals surface area contributed by atoms with Gasteiger partial charge in [-0.05, 0) is 69.4 Å². The van der Waals surface area contributed by atoms with Crippen LogP contribution >= 0.6 is 11.8 Å². The highest BCUT2D eigenvalue weighted by molar-refractivity contribution is 7.99. The lowest BCUT2D eigenvalue weighted by molar-refractivity contribution is -0.113. The van der Waals surface area contributed by atoms with Crippen molar-refractivity contribution >= 4 is 39.2 Å².